The van der Waals surface area contributed by atoms with Crippen LogP contribution in [-0.2, 0) is 6.54 Å². The highest BCUT2D eigenvalue weighted by molar-refractivity contribution is 5.94. The Labute approximate surface area is 166 Å². The van der Waals surface area contributed by atoms with Crippen molar-refractivity contribution < 1.29 is 4.79 Å². The molecule has 1 amide bonds. The summed E-state index contributed by atoms with van der Waals surface area (Å²) < 4.78 is 3.47. The van der Waals surface area contributed by atoms with Gasteiger partial charge in [-0.1, -0.05) is 0 Å². The maximum absolute atomic E-state index is 12.9. The maximum atomic E-state index is 12.9. The summed E-state index contributed by atoms with van der Waals surface area (Å²) in [6.07, 6.45) is 6.98. The SMILES string of the molecule is CCn1c(=O)[nH]c2nccc(C3CCN(C(=O)c4ccc5ccnn5c4)CC3)c21. The van der Waals surface area contributed by atoms with E-state index in [-0.39, 0.29) is 11.6 Å². The Bertz CT molecular complexity index is 1260. The number of hydrogen-bond donors (Lipinski definition) is 1. The molecule has 29 heavy (non-hydrogen) atoms. The van der Waals surface area contributed by atoms with Crippen molar-refractivity contribution in [2.24, 2.45) is 0 Å². The first kappa shape index (κ1) is 17.7. The number of rotatable bonds is 3. The summed E-state index contributed by atoms with van der Waals surface area (Å²) in [7, 11) is 0. The smallest absolute Gasteiger partial charge is 0.327 e. The predicted octanol–water partition coefficient (Wildman–Crippen LogP) is 2.41. The third-order valence-corrected chi connectivity index (χ3v) is 5.88. The standard InChI is InChI=1S/C21H22N6O2/c1-2-26-18-17(6-9-22-19(18)24-21(26)29)14-7-11-25(12-8-14)20(28)15-3-4-16-5-10-23-27(16)13-15/h3-6,9-10,13-14H,2,7-8,11-12H2,1H3,(H,22,24,29). The van der Waals surface area contributed by atoms with Gasteiger partial charge in [0.25, 0.3) is 5.91 Å². The molecule has 5 heterocycles. The number of hydrogen-bond acceptors (Lipinski definition) is 4. The van der Waals surface area contributed by atoms with Crippen molar-refractivity contribution in [1.82, 2.24) is 29.0 Å². The number of amides is 1. The third-order valence-electron chi connectivity index (χ3n) is 5.88. The zero-order valence-corrected chi connectivity index (χ0v) is 16.2. The van der Waals surface area contributed by atoms with E-state index in [1.807, 2.05) is 36.1 Å². The van der Waals surface area contributed by atoms with Crippen molar-refractivity contribution in [2.45, 2.75) is 32.2 Å². The van der Waals surface area contributed by atoms with Crippen LogP contribution in [0.2, 0.25) is 0 Å². The number of pyridine rings is 2. The molecule has 0 radical (unpaired) electrons. The first-order valence-corrected chi connectivity index (χ1v) is 9.96. The summed E-state index contributed by atoms with van der Waals surface area (Å²) >= 11 is 0. The number of aryl methyl sites for hydroxylation is 1. The molecule has 1 saturated heterocycles. The molecule has 4 aromatic heterocycles. The van der Waals surface area contributed by atoms with Crippen LogP contribution < -0.4 is 5.69 Å². The topological polar surface area (TPSA) is 88.3 Å². The zero-order chi connectivity index (χ0) is 20.0. The number of imidazole rings is 1. The Balaban J connectivity index is 1.37. The fourth-order valence-electron chi connectivity index (χ4n) is 4.36. The molecule has 1 aliphatic rings. The molecule has 0 aromatic carbocycles. The van der Waals surface area contributed by atoms with Gasteiger partial charge in [-0.25, -0.2) is 14.3 Å². The first-order chi connectivity index (χ1) is 14.2. The van der Waals surface area contributed by atoms with Crippen LogP contribution in [0.5, 0.6) is 0 Å². The highest BCUT2D eigenvalue weighted by atomic mass is 16.2. The Hall–Kier alpha value is -3.42. The van der Waals surface area contributed by atoms with E-state index >= 15 is 0 Å². The lowest BCUT2D eigenvalue weighted by molar-refractivity contribution is 0.0712. The van der Waals surface area contributed by atoms with E-state index < -0.39 is 0 Å². The Kier molecular flexibility index (Phi) is 4.19. The van der Waals surface area contributed by atoms with Crippen molar-refractivity contribution in [1.29, 1.82) is 0 Å². The number of carbonyl (C=O) groups excluding carboxylic acids is 1. The summed E-state index contributed by atoms with van der Waals surface area (Å²) in [5, 5.41) is 4.22. The van der Waals surface area contributed by atoms with Gasteiger partial charge in [0, 0.05) is 38.2 Å². The molecular formula is C21H22N6O2. The minimum absolute atomic E-state index is 0.0350. The molecule has 0 spiro atoms. The summed E-state index contributed by atoms with van der Waals surface area (Å²) in [6.45, 7) is 3.93. The van der Waals surface area contributed by atoms with Gasteiger partial charge in [0.1, 0.15) is 0 Å². The van der Waals surface area contributed by atoms with E-state index in [0.717, 1.165) is 29.4 Å². The van der Waals surface area contributed by atoms with Crippen LogP contribution in [0.4, 0.5) is 0 Å². The van der Waals surface area contributed by atoms with E-state index in [0.29, 0.717) is 36.8 Å². The Morgan fingerprint density at radius 1 is 1.17 bits per heavy atom. The molecule has 5 rings (SSSR count). The lowest BCUT2D eigenvalue weighted by atomic mass is 9.89. The Morgan fingerprint density at radius 3 is 2.79 bits per heavy atom. The molecule has 0 bridgehead atoms. The van der Waals surface area contributed by atoms with E-state index in [4.69, 9.17) is 0 Å². The van der Waals surface area contributed by atoms with Gasteiger partial charge in [-0.3, -0.25) is 14.3 Å². The lowest BCUT2D eigenvalue weighted by Crippen LogP contribution is -2.38. The van der Waals surface area contributed by atoms with Crippen molar-refractivity contribution in [3.8, 4) is 0 Å². The number of fused-ring (bicyclic) bond motifs is 2. The van der Waals surface area contributed by atoms with E-state index in [9.17, 15) is 9.59 Å². The molecule has 0 aliphatic carbocycles. The average Bonchev–Trinajstić information content (AvgIpc) is 3.35. The first-order valence-electron chi connectivity index (χ1n) is 9.96. The number of nitrogens with zero attached hydrogens (tertiary/aromatic N) is 5. The molecule has 1 fully saturated rings. The van der Waals surface area contributed by atoms with Gasteiger partial charge in [0.2, 0.25) is 0 Å². The number of aromatic amines is 1. The van der Waals surface area contributed by atoms with Crippen molar-refractivity contribution in [2.75, 3.05) is 13.1 Å². The molecule has 1 aliphatic heterocycles. The number of H-pyrrole nitrogens is 1. The van der Waals surface area contributed by atoms with Crippen LogP contribution in [-0.4, -0.2) is 48.0 Å². The van der Waals surface area contributed by atoms with Crippen molar-refractivity contribution in [3.63, 3.8) is 0 Å². The van der Waals surface area contributed by atoms with Gasteiger partial charge in [0.05, 0.1) is 16.6 Å². The molecule has 0 saturated carbocycles. The highest BCUT2D eigenvalue weighted by Crippen LogP contribution is 2.32. The Morgan fingerprint density at radius 2 is 2.00 bits per heavy atom. The van der Waals surface area contributed by atoms with Crippen molar-refractivity contribution >= 4 is 22.6 Å². The number of aromatic nitrogens is 5. The van der Waals surface area contributed by atoms with E-state index in [1.54, 1.807) is 27.7 Å². The number of carbonyl (C=O) groups is 1. The molecule has 8 nitrogen and oxygen atoms in total. The van der Waals surface area contributed by atoms with Crippen LogP contribution in [0.15, 0.2) is 47.7 Å². The van der Waals surface area contributed by atoms with Gasteiger partial charge >= 0.3 is 5.69 Å². The second-order valence-electron chi connectivity index (χ2n) is 7.46. The van der Waals surface area contributed by atoms with Gasteiger partial charge in [-0.15, -0.1) is 0 Å². The predicted molar refractivity (Wildman–Crippen MR) is 109 cm³/mol. The van der Waals surface area contributed by atoms with Gasteiger partial charge in [0.15, 0.2) is 5.65 Å². The molecule has 1 N–H and O–H groups in total. The van der Waals surface area contributed by atoms with Crippen LogP contribution in [0, 0.1) is 0 Å². The third kappa shape index (κ3) is 2.91. The fraction of sp³-hybridized carbons (Fsp3) is 0.333. The van der Waals surface area contributed by atoms with Gasteiger partial charge < -0.3 is 4.90 Å². The molecule has 0 unspecified atom stereocenters. The van der Waals surface area contributed by atoms with Gasteiger partial charge in [-0.2, -0.15) is 5.10 Å². The number of nitrogens with one attached hydrogen (secondary N) is 1. The van der Waals surface area contributed by atoms with Crippen LogP contribution in [0.3, 0.4) is 0 Å². The number of likely N-dealkylation sites (tertiary alicyclic amines) is 1. The van der Waals surface area contributed by atoms with E-state index in [2.05, 4.69) is 15.1 Å². The fourth-order valence-corrected chi connectivity index (χ4v) is 4.36. The lowest BCUT2D eigenvalue weighted by Gasteiger charge is -2.32. The molecule has 148 valence electrons. The minimum atomic E-state index is -0.121. The van der Waals surface area contributed by atoms with Crippen LogP contribution in [0.25, 0.3) is 16.7 Å². The minimum Gasteiger partial charge on any atom is -0.339 e. The maximum Gasteiger partial charge on any atom is 0.327 e. The summed E-state index contributed by atoms with van der Waals surface area (Å²) in [5.74, 6) is 0.332. The normalized spacial score (nSPS) is 15.4. The van der Waals surface area contributed by atoms with Crippen LogP contribution in [0.1, 0.15) is 41.6 Å². The molecular weight excluding hydrogens is 368 g/mol. The second-order valence-corrected chi connectivity index (χ2v) is 7.46. The van der Waals surface area contributed by atoms with Crippen LogP contribution >= 0.6 is 0 Å². The summed E-state index contributed by atoms with van der Waals surface area (Å²) in [4.78, 5) is 34.2. The van der Waals surface area contributed by atoms with Gasteiger partial charge in [-0.05, 0) is 55.5 Å². The summed E-state index contributed by atoms with van der Waals surface area (Å²) in [5.41, 5.74) is 4.17. The number of piperidine rings is 1. The molecule has 4 aromatic rings. The zero-order valence-electron chi connectivity index (χ0n) is 16.2. The van der Waals surface area contributed by atoms with E-state index in [1.165, 1.54) is 0 Å². The second kappa shape index (κ2) is 6.88. The average molecular weight is 390 g/mol. The highest BCUT2D eigenvalue weighted by Gasteiger charge is 2.27. The summed E-state index contributed by atoms with van der Waals surface area (Å²) in [6, 6.07) is 7.69. The van der Waals surface area contributed by atoms with Crippen molar-refractivity contribution in [3.05, 3.63) is 64.5 Å². The molecule has 0 atom stereocenters. The monoisotopic (exact) mass is 390 g/mol. The quantitative estimate of drug-likeness (QED) is 0.582. The largest absolute Gasteiger partial charge is 0.339 e. The molecule has 8 heteroatoms.